The van der Waals surface area contributed by atoms with E-state index in [1.54, 1.807) is 47.7 Å². The van der Waals surface area contributed by atoms with Crippen molar-refractivity contribution in [2.75, 3.05) is 30.0 Å². The quantitative estimate of drug-likeness (QED) is 0.344. The molecule has 0 fully saturated rings. The minimum atomic E-state index is 0.199. The number of aromatic nitrogens is 1. The standard InChI is InChI=1S/C18H23N3OS2/c1-5-7-10-19-11-8-17-20-15(3)18(24-17)21(12-6-2)14-16(22)9-13-23-4/h2,5,7,10-11H,1,8-9,12-14H2,3-4H3/b10-7-,19-11?. The van der Waals surface area contributed by atoms with Crippen LogP contribution in [0.3, 0.4) is 0 Å². The van der Waals surface area contributed by atoms with Crippen LogP contribution in [-0.4, -0.2) is 42.1 Å². The van der Waals surface area contributed by atoms with Gasteiger partial charge in [0, 0.05) is 25.3 Å². The molecule has 0 saturated heterocycles. The van der Waals surface area contributed by atoms with E-state index in [0.717, 1.165) is 21.5 Å². The second kappa shape index (κ2) is 11.7. The second-order valence-corrected chi connectivity index (χ2v) is 7.00. The number of aliphatic imine (C=N–C) groups is 1. The van der Waals surface area contributed by atoms with Crippen molar-refractivity contribution in [2.24, 2.45) is 4.99 Å². The zero-order valence-electron chi connectivity index (χ0n) is 14.2. The molecule has 0 aliphatic rings. The van der Waals surface area contributed by atoms with E-state index in [0.29, 0.717) is 25.9 Å². The molecular formula is C18H23N3OS2. The number of hydrogen-bond acceptors (Lipinski definition) is 6. The van der Waals surface area contributed by atoms with Crippen molar-refractivity contribution in [3.8, 4) is 12.3 Å². The molecule has 0 saturated carbocycles. The SMILES string of the molecule is C#CCN(CC(=O)CCSC)c1sc(CC=N/C=C\C=C)nc1C. The summed E-state index contributed by atoms with van der Waals surface area (Å²) in [6.45, 7) is 6.28. The maximum atomic E-state index is 12.1. The van der Waals surface area contributed by atoms with Crippen LogP contribution in [-0.2, 0) is 11.2 Å². The second-order valence-electron chi connectivity index (χ2n) is 4.95. The summed E-state index contributed by atoms with van der Waals surface area (Å²) in [6.07, 6.45) is 15.6. The van der Waals surface area contributed by atoms with E-state index < -0.39 is 0 Å². The maximum Gasteiger partial charge on any atom is 0.152 e. The van der Waals surface area contributed by atoms with Crippen LogP contribution in [0.5, 0.6) is 0 Å². The summed E-state index contributed by atoms with van der Waals surface area (Å²) in [5, 5.41) is 1.92. The van der Waals surface area contributed by atoms with Crippen LogP contribution in [0.1, 0.15) is 17.1 Å². The van der Waals surface area contributed by atoms with Gasteiger partial charge >= 0.3 is 0 Å². The van der Waals surface area contributed by atoms with Gasteiger partial charge in [-0.3, -0.25) is 9.79 Å². The first-order chi connectivity index (χ1) is 11.6. The van der Waals surface area contributed by atoms with Gasteiger partial charge in [0.2, 0.25) is 0 Å². The van der Waals surface area contributed by atoms with Gasteiger partial charge in [-0.1, -0.05) is 18.6 Å². The normalized spacial score (nSPS) is 11.0. The van der Waals surface area contributed by atoms with Crippen LogP contribution in [0.25, 0.3) is 0 Å². The zero-order valence-corrected chi connectivity index (χ0v) is 15.8. The van der Waals surface area contributed by atoms with Crippen molar-refractivity contribution >= 4 is 40.1 Å². The lowest BCUT2D eigenvalue weighted by atomic mass is 10.3. The Hall–Kier alpha value is -1.84. The number of rotatable bonds is 11. The van der Waals surface area contributed by atoms with Crippen molar-refractivity contribution in [1.29, 1.82) is 0 Å². The Labute approximate surface area is 152 Å². The molecule has 0 unspecified atom stereocenters. The van der Waals surface area contributed by atoms with Gasteiger partial charge in [0.25, 0.3) is 0 Å². The molecule has 1 rings (SSSR count). The van der Waals surface area contributed by atoms with E-state index in [1.807, 2.05) is 18.1 Å². The van der Waals surface area contributed by atoms with Gasteiger partial charge in [0.1, 0.15) is 10.0 Å². The molecule has 0 atom stereocenters. The summed E-state index contributed by atoms with van der Waals surface area (Å²) in [7, 11) is 0. The van der Waals surface area contributed by atoms with E-state index >= 15 is 0 Å². The summed E-state index contributed by atoms with van der Waals surface area (Å²) in [6, 6.07) is 0. The fourth-order valence-electron chi connectivity index (χ4n) is 1.94. The Kier molecular flexibility index (Phi) is 9.81. The molecule has 0 aliphatic carbocycles. The molecule has 1 aromatic heterocycles. The van der Waals surface area contributed by atoms with Gasteiger partial charge in [-0.15, -0.1) is 17.8 Å². The average molecular weight is 362 g/mol. The minimum absolute atomic E-state index is 0.199. The molecule has 24 heavy (non-hydrogen) atoms. The number of terminal acetylenes is 1. The number of nitrogens with zero attached hydrogens (tertiary/aromatic N) is 3. The fraction of sp³-hybridized carbons (Fsp3) is 0.389. The van der Waals surface area contributed by atoms with E-state index in [-0.39, 0.29) is 5.78 Å². The Morgan fingerprint density at radius 3 is 3.04 bits per heavy atom. The van der Waals surface area contributed by atoms with Gasteiger partial charge < -0.3 is 4.90 Å². The van der Waals surface area contributed by atoms with Crippen LogP contribution in [0.15, 0.2) is 29.9 Å². The lowest BCUT2D eigenvalue weighted by Gasteiger charge is -2.20. The highest BCUT2D eigenvalue weighted by molar-refractivity contribution is 7.98. The third-order valence-electron chi connectivity index (χ3n) is 3.02. The fourth-order valence-corrected chi connectivity index (χ4v) is 3.39. The number of allylic oxidation sites excluding steroid dienone is 2. The molecule has 128 valence electrons. The Balaban J connectivity index is 2.78. The summed E-state index contributed by atoms with van der Waals surface area (Å²) in [4.78, 5) is 22.7. The van der Waals surface area contributed by atoms with E-state index in [2.05, 4.69) is 22.5 Å². The van der Waals surface area contributed by atoms with Crippen LogP contribution < -0.4 is 4.90 Å². The number of ketones is 1. The van der Waals surface area contributed by atoms with Crippen molar-refractivity contribution in [1.82, 2.24) is 4.98 Å². The first kappa shape index (κ1) is 20.2. The third kappa shape index (κ3) is 7.16. The van der Waals surface area contributed by atoms with Gasteiger partial charge in [-0.25, -0.2) is 4.98 Å². The number of thioether (sulfide) groups is 1. The number of hydrogen-bond donors (Lipinski definition) is 0. The summed E-state index contributed by atoms with van der Waals surface area (Å²) >= 11 is 3.24. The molecule has 0 amide bonds. The molecular weight excluding hydrogens is 338 g/mol. The molecule has 6 heteroatoms. The minimum Gasteiger partial charge on any atom is -0.343 e. The molecule has 4 nitrogen and oxygen atoms in total. The lowest BCUT2D eigenvalue weighted by Crippen LogP contribution is -2.30. The number of Topliss-reactive ketones (excluding diaryl/α,β-unsaturated/α-hetero) is 1. The van der Waals surface area contributed by atoms with E-state index in [4.69, 9.17) is 6.42 Å². The Morgan fingerprint density at radius 2 is 2.38 bits per heavy atom. The number of carbonyl (C=O) groups is 1. The smallest absolute Gasteiger partial charge is 0.152 e. The van der Waals surface area contributed by atoms with Crippen molar-refractivity contribution in [2.45, 2.75) is 19.8 Å². The first-order valence-corrected chi connectivity index (χ1v) is 9.78. The Morgan fingerprint density at radius 1 is 1.58 bits per heavy atom. The number of carbonyl (C=O) groups excluding carboxylic acids is 1. The van der Waals surface area contributed by atoms with Crippen LogP contribution >= 0.6 is 23.1 Å². The van der Waals surface area contributed by atoms with Crippen molar-refractivity contribution in [3.05, 3.63) is 35.6 Å². The largest absolute Gasteiger partial charge is 0.343 e. The van der Waals surface area contributed by atoms with Crippen molar-refractivity contribution < 1.29 is 4.79 Å². The Bertz CT molecular complexity index is 641. The highest BCUT2D eigenvalue weighted by Gasteiger charge is 2.16. The predicted octanol–water partition coefficient (Wildman–Crippen LogP) is 3.53. The number of anilines is 1. The van der Waals surface area contributed by atoms with Gasteiger partial charge in [-0.2, -0.15) is 11.8 Å². The maximum absolute atomic E-state index is 12.1. The lowest BCUT2D eigenvalue weighted by molar-refractivity contribution is -0.117. The van der Waals surface area contributed by atoms with Gasteiger partial charge in [0.15, 0.2) is 5.78 Å². The third-order valence-corrected chi connectivity index (χ3v) is 4.87. The first-order valence-electron chi connectivity index (χ1n) is 7.57. The molecule has 0 radical (unpaired) electrons. The average Bonchev–Trinajstić information content (AvgIpc) is 2.93. The molecule has 0 aromatic carbocycles. The number of thiazole rings is 1. The topological polar surface area (TPSA) is 45.6 Å². The summed E-state index contributed by atoms with van der Waals surface area (Å²) in [5.74, 6) is 3.67. The molecule has 0 aliphatic heterocycles. The van der Waals surface area contributed by atoms with Crippen LogP contribution in [0.2, 0.25) is 0 Å². The van der Waals surface area contributed by atoms with Crippen molar-refractivity contribution in [3.63, 3.8) is 0 Å². The van der Waals surface area contributed by atoms with Gasteiger partial charge in [-0.05, 0) is 25.0 Å². The molecule has 1 heterocycles. The summed E-state index contributed by atoms with van der Waals surface area (Å²) < 4.78 is 0. The predicted molar refractivity (Wildman–Crippen MR) is 107 cm³/mol. The monoisotopic (exact) mass is 361 g/mol. The van der Waals surface area contributed by atoms with E-state index in [9.17, 15) is 4.79 Å². The molecule has 0 N–H and O–H groups in total. The van der Waals surface area contributed by atoms with Crippen LogP contribution in [0.4, 0.5) is 5.00 Å². The highest BCUT2D eigenvalue weighted by Crippen LogP contribution is 2.28. The molecule has 0 bridgehead atoms. The zero-order chi connectivity index (χ0) is 17.8. The summed E-state index contributed by atoms with van der Waals surface area (Å²) in [5.41, 5.74) is 0.901. The van der Waals surface area contributed by atoms with Crippen LogP contribution in [0, 0.1) is 19.3 Å². The van der Waals surface area contributed by atoms with Gasteiger partial charge in [0.05, 0.1) is 18.8 Å². The molecule has 0 spiro atoms. The highest BCUT2D eigenvalue weighted by atomic mass is 32.2. The molecule has 1 aromatic rings. The van der Waals surface area contributed by atoms with E-state index in [1.165, 1.54) is 0 Å². The number of aryl methyl sites for hydroxylation is 1.